The van der Waals surface area contributed by atoms with Gasteiger partial charge in [-0.2, -0.15) is 0 Å². The number of guanidine groups is 1. The molecule has 116 valence electrons. The Morgan fingerprint density at radius 2 is 2.10 bits per heavy atom. The SMILES string of the molecule is CCNC(=NCc1ccccc1C)NCC1CCCC1O. The lowest BCUT2D eigenvalue weighted by atomic mass is 10.1. The summed E-state index contributed by atoms with van der Waals surface area (Å²) in [5.41, 5.74) is 2.51. The van der Waals surface area contributed by atoms with Gasteiger partial charge in [0.2, 0.25) is 0 Å². The lowest BCUT2D eigenvalue weighted by molar-refractivity contribution is 0.134. The van der Waals surface area contributed by atoms with Gasteiger partial charge < -0.3 is 15.7 Å². The van der Waals surface area contributed by atoms with Crippen LogP contribution in [-0.4, -0.2) is 30.3 Å². The van der Waals surface area contributed by atoms with Crippen LogP contribution < -0.4 is 10.6 Å². The fourth-order valence-corrected chi connectivity index (χ4v) is 2.78. The maximum Gasteiger partial charge on any atom is 0.191 e. The maximum atomic E-state index is 9.88. The Morgan fingerprint density at radius 1 is 1.29 bits per heavy atom. The molecule has 0 aromatic heterocycles. The minimum absolute atomic E-state index is 0.156. The Labute approximate surface area is 127 Å². The molecule has 0 amide bonds. The van der Waals surface area contributed by atoms with Crippen molar-refractivity contribution < 1.29 is 5.11 Å². The number of aliphatic hydroxyl groups excluding tert-OH is 1. The average molecular weight is 289 g/mol. The number of aliphatic imine (C=N–C) groups is 1. The Balaban J connectivity index is 1.91. The molecule has 1 aliphatic rings. The van der Waals surface area contributed by atoms with E-state index in [9.17, 15) is 5.11 Å². The van der Waals surface area contributed by atoms with E-state index < -0.39 is 0 Å². The smallest absolute Gasteiger partial charge is 0.191 e. The topological polar surface area (TPSA) is 56.7 Å². The van der Waals surface area contributed by atoms with Gasteiger partial charge >= 0.3 is 0 Å². The van der Waals surface area contributed by atoms with E-state index in [1.165, 1.54) is 11.1 Å². The molecule has 0 saturated heterocycles. The van der Waals surface area contributed by atoms with Crippen LogP contribution in [0.2, 0.25) is 0 Å². The van der Waals surface area contributed by atoms with Gasteiger partial charge in [-0.3, -0.25) is 0 Å². The second-order valence-electron chi connectivity index (χ2n) is 5.76. The first-order chi connectivity index (χ1) is 10.2. The number of nitrogens with one attached hydrogen (secondary N) is 2. The first kappa shape index (κ1) is 15.8. The van der Waals surface area contributed by atoms with E-state index in [2.05, 4.69) is 41.6 Å². The fourth-order valence-electron chi connectivity index (χ4n) is 2.78. The zero-order chi connectivity index (χ0) is 15.1. The lowest BCUT2D eigenvalue weighted by Crippen LogP contribution is -2.41. The summed E-state index contributed by atoms with van der Waals surface area (Å²) < 4.78 is 0. The predicted octanol–water partition coefficient (Wildman–Crippen LogP) is 2.21. The summed E-state index contributed by atoms with van der Waals surface area (Å²) in [6.07, 6.45) is 3.01. The van der Waals surface area contributed by atoms with Gasteiger partial charge in [-0.1, -0.05) is 30.7 Å². The Morgan fingerprint density at radius 3 is 2.76 bits per heavy atom. The number of hydrogen-bond acceptors (Lipinski definition) is 2. The van der Waals surface area contributed by atoms with Crippen molar-refractivity contribution >= 4 is 5.96 Å². The predicted molar refractivity (Wildman–Crippen MR) is 87.3 cm³/mol. The van der Waals surface area contributed by atoms with Crippen LogP contribution in [0.3, 0.4) is 0 Å². The van der Waals surface area contributed by atoms with Crippen molar-refractivity contribution in [2.24, 2.45) is 10.9 Å². The number of hydrogen-bond donors (Lipinski definition) is 3. The number of benzene rings is 1. The summed E-state index contributed by atoms with van der Waals surface area (Å²) in [5, 5.41) is 16.5. The van der Waals surface area contributed by atoms with Gasteiger partial charge in [-0.05, 0) is 37.8 Å². The lowest BCUT2D eigenvalue weighted by Gasteiger charge is -2.17. The van der Waals surface area contributed by atoms with Crippen molar-refractivity contribution in [2.45, 2.75) is 45.8 Å². The molecule has 3 N–H and O–H groups in total. The molecular formula is C17H27N3O. The van der Waals surface area contributed by atoms with Crippen LogP contribution in [-0.2, 0) is 6.54 Å². The number of rotatable bonds is 5. The van der Waals surface area contributed by atoms with Crippen LogP contribution in [0.15, 0.2) is 29.3 Å². The molecular weight excluding hydrogens is 262 g/mol. The fraction of sp³-hybridized carbons (Fsp3) is 0.588. The Kier molecular flexibility index (Phi) is 6.05. The van der Waals surface area contributed by atoms with Gasteiger partial charge in [0.05, 0.1) is 12.6 Å². The number of aryl methyl sites for hydroxylation is 1. The third kappa shape index (κ3) is 4.74. The van der Waals surface area contributed by atoms with E-state index in [4.69, 9.17) is 0 Å². The van der Waals surface area contributed by atoms with Crippen LogP contribution in [0.25, 0.3) is 0 Å². The first-order valence-corrected chi connectivity index (χ1v) is 7.95. The van der Waals surface area contributed by atoms with E-state index in [0.29, 0.717) is 12.5 Å². The van der Waals surface area contributed by atoms with Gasteiger partial charge in [-0.15, -0.1) is 0 Å². The molecule has 1 saturated carbocycles. The molecule has 2 rings (SSSR count). The molecule has 21 heavy (non-hydrogen) atoms. The van der Waals surface area contributed by atoms with Gasteiger partial charge in [0.25, 0.3) is 0 Å². The molecule has 1 fully saturated rings. The van der Waals surface area contributed by atoms with Crippen LogP contribution in [0.4, 0.5) is 0 Å². The van der Waals surface area contributed by atoms with Crippen molar-refractivity contribution in [3.8, 4) is 0 Å². The maximum absolute atomic E-state index is 9.88. The largest absolute Gasteiger partial charge is 0.393 e. The van der Waals surface area contributed by atoms with Gasteiger partial charge in [-0.25, -0.2) is 4.99 Å². The normalized spacial score (nSPS) is 22.3. The molecule has 2 unspecified atom stereocenters. The minimum atomic E-state index is -0.156. The quantitative estimate of drug-likeness (QED) is 0.575. The van der Waals surface area contributed by atoms with E-state index in [1.54, 1.807) is 0 Å². The monoisotopic (exact) mass is 289 g/mol. The minimum Gasteiger partial charge on any atom is -0.393 e. The average Bonchev–Trinajstić information content (AvgIpc) is 2.89. The second-order valence-corrected chi connectivity index (χ2v) is 5.76. The van der Waals surface area contributed by atoms with E-state index >= 15 is 0 Å². The molecule has 2 atom stereocenters. The second kappa shape index (κ2) is 8.03. The summed E-state index contributed by atoms with van der Waals surface area (Å²) >= 11 is 0. The van der Waals surface area contributed by atoms with Crippen LogP contribution in [0.1, 0.15) is 37.3 Å². The molecule has 0 bridgehead atoms. The van der Waals surface area contributed by atoms with E-state index in [0.717, 1.165) is 38.3 Å². The Bertz CT molecular complexity index is 473. The third-order valence-electron chi connectivity index (χ3n) is 4.16. The standard InChI is InChI=1S/C17H27N3O/c1-3-18-17(20-12-15-9-6-10-16(15)21)19-11-14-8-5-4-7-13(14)2/h4-5,7-8,15-16,21H,3,6,9-12H2,1-2H3,(H2,18,19,20). The molecule has 1 aromatic carbocycles. The molecule has 4 nitrogen and oxygen atoms in total. The molecule has 4 heteroatoms. The van der Waals surface area contributed by atoms with Gasteiger partial charge in [0.15, 0.2) is 5.96 Å². The third-order valence-corrected chi connectivity index (χ3v) is 4.16. The van der Waals surface area contributed by atoms with Crippen molar-refractivity contribution in [1.29, 1.82) is 0 Å². The summed E-state index contributed by atoms with van der Waals surface area (Å²) in [4.78, 5) is 4.64. The molecule has 1 aliphatic carbocycles. The highest BCUT2D eigenvalue weighted by Gasteiger charge is 2.24. The molecule has 0 spiro atoms. The zero-order valence-corrected chi connectivity index (χ0v) is 13.1. The van der Waals surface area contributed by atoms with E-state index in [1.807, 2.05) is 12.1 Å². The van der Waals surface area contributed by atoms with Crippen LogP contribution in [0, 0.1) is 12.8 Å². The summed E-state index contributed by atoms with van der Waals surface area (Å²) in [7, 11) is 0. The zero-order valence-electron chi connectivity index (χ0n) is 13.1. The van der Waals surface area contributed by atoms with E-state index in [-0.39, 0.29) is 6.10 Å². The highest BCUT2D eigenvalue weighted by Crippen LogP contribution is 2.24. The molecule has 0 aliphatic heterocycles. The summed E-state index contributed by atoms with van der Waals surface area (Å²) in [6.45, 7) is 6.48. The van der Waals surface area contributed by atoms with Crippen molar-refractivity contribution in [2.75, 3.05) is 13.1 Å². The summed E-state index contributed by atoms with van der Waals surface area (Å²) in [5.74, 6) is 1.19. The van der Waals surface area contributed by atoms with Gasteiger partial charge in [0.1, 0.15) is 0 Å². The van der Waals surface area contributed by atoms with Crippen LogP contribution in [0.5, 0.6) is 0 Å². The van der Waals surface area contributed by atoms with Crippen LogP contribution >= 0.6 is 0 Å². The number of aliphatic hydroxyl groups is 1. The highest BCUT2D eigenvalue weighted by atomic mass is 16.3. The molecule has 1 aromatic rings. The number of nitrogens with zero attached hydrogens (tertiary/aromatic N) is 1. The molecule has 0 heterocycles. The first-order valence-electron chi connectivity index (χ1n) is 7.95. The van der Waals surface area contributed by atoms with Crippen molar-refractivity contribution in [1.82, 2.24) is 10.6 Å². The highest BCUT2D eigenvalue weighted by molar-refractivity contribution is 5.79. The van der Waals surface area contributed by atoms with Gasteiger partial charge in [0, 0.05) is 19.0 Å². The summed E-state index contributed by atoms with van der Waals surface area (Å²) in [6, 6.07) is 8.32. The van der Waals surface area contributed by atoms with Crippen molar-refractivity contribution in [3.05, 3.63) is 35.4 Å². The Hall–Kier alpha value is -1.55. The van der Waals surface area contributed by atoms with Crippen molar-refractivity contribution in [3.63, 3.8) is 0 Å². The molecule has 0 radical (unpaired) electrons.